The summed E-state index contributed by atoms with van der Waals surface area (Å²) in [6, 6.07) is 4.67. The molecule has 0 aliphatic rings. The van der Waals surface area contributed by atoms with E-state index in [-0.39, 0.29) is 11.1 Å². The van der Waals surface area contributed by atoms with Crippen molar-refractivity contribution in [2.75, 3.05) is 6.54 Å². The third kappa shape index (κ3) is 3.76. The summed E-state index contributed by atoms with van der Waals surface area (Å²) in [7, 11) is 0. The lowest BCUT2D eigenvalue weighted by Crippen LogP contribution is -2.26. The Hall–Kier alpha value is -2.08. The quantitative estimate of drug-likeness (QED) is 0.923. The molecule has 1 N–H and O–H groups in total. The van der Waals surface area contributed by atoms with Crippen molar-refractivity contribution in [3.63, 3.8) is 0 Å². The van der Waals surface area contributed by atoms with Crippen LogP contribution in [0.4, 0.5) is 8.78 Å². The average molecular weight is 307 g/mol. The molecule has 22 heavy (non-hydrogen) atoms. The van der Waals surface area contributed by atoms with Gasteiger partial charge in [0.25, 0.3) is 0 Å². The summed E-state index contributed by atoms with van der Waals surface area (Å²) in [5.41, 5.74) is 0.703. The normalized spacial score (nSPS) is 11.2. The van der Waals surface area contributed by atoms with Crippen molar-refractivity contribution < 1.29 is 8.78 Å². The molecule has 0 saturated heterocycles. The monoisotopic (exact) mass is 307 g/mol. The fourth-order valence-electron chi connectivity index (χ4n) is 2.08. The highest BCUT2D eigenvalue weighted by Crippen LogP contribution is 2.15. The molecule has 1 heterocycles. The molecule has 0 radical (unpaired) electrons. The molecule has 118 valence electrons. The van der Waals surface area contributed by atoms with Crippen molar-refractivity contribution >= 4 is 0 Å². The van der Waals surface area contributed by atoms with Gasteiger partial charge in [-0.25, -0.2) is 13.5 Å². The molecule has 0 fully saturated rings. The molecule has 0 spiro atoms. The first kappa shape index (κ1) is 16.3. The van der Waals surface area contributed by atoms with E-state index in [9.17, 15) is 13.6 Å². The first-order chi connectivity index (χ1) is 10.4. The molecule has 4 nitrogen and oxygen atoms in total. The lowest BCUT2D eigenvalue weighted by molar-refractivity contribution is 0.537. The maximum Gasteiger partial charge on any atom is 0.204 e. The highest BCUT2D eigenvalue weighted by atomic mass is 19.1. The first-order valence-electron chi connectivity index (χ1n) is 7.14. The van der Waals surface area contributed by atoms with Crippen LogP contribution >= 0.6 is 0 Å². The molecule has 6 heteroatoms. The van der Waals surface area contributed by atoms with Gasteiger partial charge in [-0.15, -0.1) is 0 Å². The first-order valence-corrected chi connectivity index (χ1v) is 7.14. The van der Waals surface area contributed by atoms with Gasteiger partial charge in [0.15, 0.2) is 5.82 Å². The van der Waals surface area contributed by atoms with Crippen LogP contribution in [0, 0.1) is 24.5 Å². The Bertz CT molecular complexity index is 726. The number of aryl methyl sites for hydroxylation is 1. The third-order valence-electron chi connectivity index (χ3n) is 3.16. The third-order valence-corrected chi connectivity index (χ3v) is 3.16. The van der Waals surface area contributed by atoms with E-state index in [0.29, 0.717) is 23.9 Å². The molecule has 1 aromatic heterocycles. The van der Waals surface area contributed by atoms with E-state index in [4.69, 9.17) is 0 Å². The number of benzene rings is 1. The number of halogens is 2. The molecule has 0 amide bonds. The van der Waals surface area contributed by atoms with E-state index in [2.05, 4.69) is 24.3 Å². The molecule has 1 aromatic carbocycles. The second kappa shape index (κ2) is 6.79. The van der Waals surface area contributed by atoms with Crippen LogP contribution in [0.5, 0.6) is 0 Å². The summed E-state index contributed by atoms with van der Waals surface area (Å²) >= 11 is 0. The second-order valence-electron chi connectivity index (χ2n) is 5.63. The average Bonchev–Trinajstić information content (AvgIpc) is 2.42. The van der Waals surface area contributed by atoms with Gasteiger partial charge >= 0.3 is 0 Å². The molecule has 0 bridgehead atoms. The molecule has 0 saturated carbocycles. The van der Waals surface area contributed by atoms with Gasteiger partial charge in [0.1, 0.15) is 17.2 Å². The van der Waals surface area contributed by atoms with Crippen LogP contribution in [0.25, 0.3) is 5.69 Å². The number of hydrogen-bond acceptors (Lipinski definition) is 3. The Morgan fingerprint density at radius 2 is 2.00 bits per heavy atom. The van der Waals surface area contributed by atoms with Gasteiger partial charge in [-0.2, -0.15) is 5.10 Å². The van der Waals surface area contributed by atoms with Crippen molar-refractivity contribution in [3.8, 4) is 5.69 Å². The summed E-state index contributed by atoms with van der Waals surface area (Å²) in [5, 5.41) is 7.34. The summed E-state index contributed by atoms with van der Waals surface area (Å²) in [6.07, 6.45) is 0. The van der Waals surface area contributed by atoms with Crippen molar-refractivity contribution in [1.82, 2.24) is 15.1 Å². The van der Waals surface area contributed by atoms with Gasteiger partial charge in [-0.3, -0.25) is 4.79 Å². The fourth-order valence-corrected chi connectivity index (χ4v) is 2.08. The summed E-state index contributed by atoms with van der Waals surface area (Å²) in [4.78, 5) is 12.0. The second-order valence-corrected chi connectivity index (χ2v) is 5.63. The highest BCUT2D eigenvalue weighted by molar-refractivity contribution is 5.34. The molecule has 0 unspecified atom stereocenters. The molecule has 0 atom stereocenters. The Balaban J connectivity index is 2.37. The van der Waals surface area contributed by atoms with E-state index in [1.54, 1.807) is 6.92 Å². The smallest absolute Gasteiger partial charge is 0.204 e. The summed E-state index contributed by atoms with van der Waals surface area (Å²) < 4.78 is 28.3. The van der Waals surface area contributed by atoms with Crippen molar-refractivity contribution in [1.29, 1.82) is 0 Å². The van der Waals surface area contributed by atoms with Gasteiger partial charge in [0, 0.05) is 24.4 Å². The van der Waals surface area contributed by atoms with Gasteiger partial charge in [-0.05, 0) is 31.5 Å². The zero-order valence-electron chi connectivity index (χ0n) is 12.9. The Labute approximate surface area is 127 Å². The van der Waals surface area contributed by atoms with E-state index in [1.807, 2.05) is 0 Å². The summed E-state index contributed by atoms with van der Waals surface area (Å²) in [5.74, 6) is -0.929. The Morgan fingerprint density at radius 1 is 1.27 bits per heavy atom. The minimum absolute atomic E-state index is 0.115. The van der Waals surface area contributed by atoms with E-state index in [1.165, 1.54) is 16.8 Å². The SMILES string of the molecule is Cc1cc(=O)c(CNCC(C)C)nn1-c1ccc(F)cc1F. The van der Waals surface area contributed by atoms with Crippen molar-refractivity contribution in [3.05, 3.63) is 57.5 Å². The minimum atomic E-state index is -0.722. The van der Waals surface area contributed by atoms with E-state index in [0.717, 1.165) is 18.7 Å². The van der Waals surface area contributed by atoms with Gasteiger partial charge in [-0.1, -0.05) is 13.8 Å². The maximum absolute atomic E-state index is 13.9. The zero-order valence-corrected chi connectivity index (χ0v) is 12.9. The van der Waals surface area contributed by atoms with E-state index >= 15 is 0 Å². The van der Waals surface area contributed by atoms with Gasteiger partial charge in [0.05, 0.1) is 0 Å². The maximum atomic E-state index is 13.9. The molecule has 0 aliphatic carbocycles. The van der Waals surface area contributed by atoms with Crippen LogP contribution in [-0.2, 0) is 6.54 Å². The Morgan fingerprint density at radius 3 is 2.64 bits per heavy atom. The van der Waals surface area contributed by atoms with Crippen molar-refractivity contribution in [2.24, 2.45) is 5.92 Å². The summed E-state index contributed by atoms with van der Waals surface area (Å²) in [6.45, 7) is 6.83. The molecular formula is C16H19F2N3O. The van der Waals surface area contributed by atoms with Crippen LogP contribution < -0.4 is 10.7 Å². The lowest BCUT2D eigenvalue weighted by Gasteiger charge is -2.13. The molecule has 2 aromatic rings. The van der Waals surface area contributed by atoms with Gasteiger partial charge < -0.3 is 5.32 Å². The largest absolute Gasteiger partial charge is 0.311 e. The molecular weight excluding hydrogens is 288 g/mol. The fraction of sp³-hybridized carbons (Fsp3) is 0.375. The number of rotatable bonds is 5. The molecule has 0 aliphatic heterocycles. The zero-order chi connectivity index (χ0) is 16.3. The van der Waals surface area contributed by atoms with E-state index < -0.39 is 11.6 Å². The van der Waals surface area contributed by atoms with Crippen LogP contribution in [0.3, 0.4) is 0 Å². The molecule has 2 rings (SSSR count). The predicted octanol–water partition coefficient (Wildman–Crippen LogP) is 2.56. The standard InChI is InChI=1S/C16H19F2N3O/c1-10(2)8-19-9-14-16(22)6-11(3)21(20-14)15-5-4-12(17)7-13(15)18/h4-7,10,19H,8-9H2,1-3H3. The minimum Gasteiger partial charge on any atom is -0.311 e. The topological polar surface area (TPSA) is 46.9 Å². The number of hydrogen-bond donors (Lipinski definition) is 1. The van der Waals surface area contributed by atoms with Crippen LogP contribution in [0.2, 0.25) is 0 Å². The van der Waals surface area contributed by atoms with Gasteiger partial charge in [0.2, 0.25) is 5.43 Å². The van der Waals surface area contributed by atoms with Crippen molar-refractivity contribution in [2.45, 2.75) is 27.3 Å². The predicted molar refractivity (Wildman–Crippen MR) is 81.0 cm³/mol. The van der Waals surface area contributed by atoms with Crippen LogP contribution in [-0.4, -0.2) is 16.3 Å². The van der Waals surface area contributed by atoms with Crippen LogP contribution in [0.1, 0.15) is 25.2 Å². The lowest BCUT2D eigenvalue weighted by atomic mass is 10.2. The number of nitrogens with zero attached hydrogens (tertiary/aromatic N) is 2. The number of nitrogens with one attached hydrogen (secondary N) is 1. The number of aromatic nitrogens is 2. The van der Waals surface area contributed by atoms with Crippen LogP contribution in [0.15, 0.2) is 29.1 Å². The highest BCUT2D eigenvalue weighted by Gasteiger charge is 2.11. The Kier molecular flexibility index (Phi) is 5.03.